The molecule has 0 unspecified atom stereocenters. The fraction of sp³-hybridized carbons (Fsp3) is 0.175. The Morgan fingerprint density at radius 3 is 0.953 bits per heavy atom. The van der Waals surface area contributed by atoms with Crippen LogP contribution in [-0.4, -0.2) is 41.5 Å². The van der Waals surface area contributed by atoms with Crippen molar-refractivity contribution in [3.05, 3.63) is 143 Å². The minimum absolute atomic E-state index is 0.0261. The Bertz CT molecular complexity index is 2560. The lowest BCUT2D eigenvalue weighted by atomic mass is 9.97. The minimum atomic E-state index is -1.99. The van der Waals surface area contributed by atoms with Gasteiger partial charge in [-0.25, -0.2) is 29.9 Å². The SMILES string of the molecule is CC(=O)c1ccccc1-c1ccc(-c2nc(C(Cl)(Cl)Cl)nc(C(Cl)(Cl)Cl)n2)cc1.CC(=O)c1ccccc1-c1ccc(C#N)cc1.ClC(Cl)(Cl)c1nc(C(Cl)(Cl)Cl)nc(C(Cl)(Cl)Cl)n1. The molecule has 0 saturated carbocycles. The highest BCUT2D eigenvalue weighted by molar-refractivity contribution is 6.69. The lowest BCUT2D eigenvalue weighted by Crippen LogP contribution is -2.21. The van der Waals surface area contributed by atoms with E-state index in [0.717, 1.165) is 22.3 Å². The summed E-state index contributed by atoms with van der Waals surface area (Å²) in [6, 6.07) is 31.3. The van der Waals surface area contributed by atoms with E-state index in [0.29, 0.717) is 22.3 Å². The van der Waals surface area contributed by atoms with Crippen LogP contribution in [0.2, 0.25) is 0 Å². The first-order valence-electron chi connectivity index (χ1n) is 17.2. The van der Waals surface area contributed by atoms with Gasteiger partial charge in [-0.3, -0.25) is 9.59 Å². The van der Waals surface area contributed by atoms with Crippen molar-refractivity contribution in [2.75, 3.05) is 0 Å². The number of ketones is 2. The highest BCUT2D eigenvalue weighted by atomic mass is 35.6. The molecule has 6 aromatic rings. The van der Waals surface area contributed by atoms with Crippen LogP contribution in [0, 0.1) is 11.3 Å². The lowest BCUT2D eigenvalue weighted by Gasteiger charge is -2.17. The average Bonchev–Trinajstić information content (AvgIpc) is 3.22. The lowest BCUT2D eigenvalue weighted by molar-refractivity contribution is 0.101. The van der Waals surface area contributed by atoms with Crippen molar-refractivity contribution >= 4 is 186 Å². The van der Waals surface area contributed by atoms with Crippen LogP contribution >= 0.6 is 174 Å². The molecule has 0 bridgehead atoms. The Morgan fingerprint density at radius 2 is 0.672 bits per heavy atom. The smallest absolute Gasteiger partial charge is 0.250 e. The Labute approximate surface area is 441 Å². The summed E-state index contributed by atoms with van der Waals surface area (Å²) in [5.41, 5.74) is 6.05. The van der Waals surface area contributed by atoms with Crippen molar-refractivity contribution in [2.24, 2.45) is 0 Å². The molecular formula is C40H22Cl15N7O2. The van der Waals surface area contributed by atoms with Crippen molar-refractivity contribution in [1.82, 2.24) is 29.9 Å². The second-order valence-electron chi connectivity index (χ2n) is 12.6. The molecule has 0 aliphatic heterocycles. The van der Waals surface area contributed by atoms with Crippen molar-refractivity contribution < 1.29 is 9.59 Å². The van der Waals surface area contributed by atoms with Gasteiger partial charge >= 0.3 is 0 Å². The second kappa shape index (κ2) is 22.5. The number of hydrogen-bond acceptors (Lipinski definition) is 9. The number of nitrogens with zero attached hydrogens (tertiary/aromatic N) is 7. The van der Waals surface area contributed by atoms with Crippen LogP contribution in [0.15, 0.2) is 97.1 Å². The van der Waals surface area contributed by atoms with Gasteiger partial charge in [0, 0.05) is 16.7 Å². The number of carbonyl (C=O) groups is 2. The molecule has 0 aliphatic rings. The van der Waals surface area contributed by atoms with E-state index in [4.69, 9.17) is 179 Å². The number of carbonyl (C=O) groups excluding carboxylic acids is 2. The van der Waals surface area contributed by atoms with E-state index >= 15 is 0 Å². The molecule has 0 atom stereocenters. The Balaban J connectivity index is 0.000000222. The van der Waals surface area contributed by atoms with Gasteiger partial charge in [-0.2, -0.15) is 5.26 Å². The molecule has 6 rings (SSSR count). The first-order valence-corrected chi connectivity index (χ1v) is 22.9. The van der Waals surface area contributed by atoms with Gasteiger partial charge in [0.15, 0.2) is 46.5 Å². The van der Waals surface area contributed by atoms with E-state index in [9.17, 15) is 9.59 Å². The third kappa shape index (κ3) is 15.6. The highest BCUT2D eigenvalue weighted by Gasteiger charge is 2.38. The molecule has 64 heavy (non-hydrogen) atoms. The topological polar surface area (TPSA) is 135 Å². The normalized spacial score (nSPS) is 11.9. The summed E-state index contributed by atoms with van der Waals surface area (Å²) in [6.45, 7) is 3.08. The molecule has 0 spiro atoms. The Morgan fingerprint density at radius 1 is 0.406 bits per heavy atom. The summed E-state index contributed by atoms with van der Waals surface area (Å²) >= 11 is 86.1. The van der Waals surface area contributed by atoms with Gasteiger partial charge in [-0.1, -0.05) is 259 Å². The molecule has 9 nitrogen and oxygen atoms in total. The second-order valence-corrected chi connectivity index (χ2v) is 24.0. The maximum absolute atomic E-state index is 11.9. The van der Waals surface area contributed by atoms with Crippen LogP contribution in [-0.2, 0) is 19.0 Å². The summed E-state index contributed by atoms with van der Waals surface area (Å²) in [5.74, 6) is -1.12. The molecular weight excluding hydrogens is 1140 g/mol. The molecule has 0 saturated heterocycles. The molecule has 0 aliphatic carbocycles. The quantitative estimate of drug-likeness (QED) is 0.122. The van der Waals surface area contributed by atoms with Gasteiger partial charge < -0.3 is 0 Å². The van der Waals surface area contributed by atoms with Gasteiger partial charge in [0.25, 0.3) is 0 Å². The van der Waals surface area contributed by atoms with Gasteiger partial charge in [0.05, 0.1) is 11.6 Å². The van der Waals surface area contributed by atoms with Crippen LogP contribution in [0.3, 0.4) is 0 Å². The number of alkyl halides is 15. The van der Waals surface area contributed by atoms with Crippen molar-refractivity contribution in [1.29, 1.82) is 5.26 Å². The van der Waals surface area contributed by atoms with E-state index in [1.165, 1.54) is 6.92 Å². The first kappa shape index (κ1) is 54.7. The van der Waals surface area contributed by atoms with Gasteiger partial charge in [-0.15, -0.1) is 0 Å². The average molecular weight is 1160 g/mol. The summed E-state index contributed by atoms with van der Waals surface area (Å²) in [4.78, 5) is 46.8. The maximum Gasteiger partial charge on any atom is 0.250 e. The van der Waals surface area contributed by atoms with Crippen LogP contribution in [0.1, 0.15) is 69.2 Å². The Kier molecular flexibility index (Phi) is 19.2. The van der Waals surface area contributed by atoms with E-state index in [-0.39, 0.29) is 46.5 Å². The summed E-state index contributed by atoms with van der Waals surface area (Å²) in [7, 11) is 0. The molecule has 0 fully saturated rings. The number of rotatable bonds is 5. The van der Waals surface area contributed by atoms with Crippen LogP contribution < -0.4 is 0 Å². The Hall–Kier alpha value is -1.92. The predicted molar refractivity (Wildman–Crippen MR) is 263 cm³/mol. The molecule has 0 amide bonds. The fourth-order valence-corrected chi connectivity index (χ4v) is 6.39. The van der Waals surface area contributed by atoms with Gasteiger partial charge in [0.1, 0.15) is 0 Å². The van der Waals surface area contributed by atoms with Crippen molar-refractivity contribution in [3.8, 4) is 39.7 Å². The van der Waals surface area contributed by atoms with Crippen LogP contribution in [0.4, 0.5) is 0 Å². The summed E-state index contributed by atoms with van der Waals surface area (Å²) in [6.07, 6.45) is 0. The van der Waals surface area contributed by atoms with E-state index in [2.05, 4.69) is 36.0 Å². The molecule has 4 aromatic carbocycles. The molecule has 334 valence electrons. The van der Waals surface area contributed by atoms with E-state index in [1.807, 2.05) is 66.7 Å². The molecule has 2 aromatic heterocycles. The minimum Gasteiger partial charge on any atom is -0.294 e. The third-order valence-electron chi connectivity index (χ3n) is 7.93. The van der Waals surface area contributed by atoms with E-state index < -0.39 is 19.0 Å². The van der Waals surface area contributed by atoms with Crippen molar-refractivity contribution in [3.63, 3.8) is 0 Å². The van der Waals surface area contributed by atoms with Gasteiger partial charge in [0.2, 0.25) is 19.0 Å². The molecule has 2 heterocycles. The number of Topliss-reactive ketones (excluding diaryl/α,β-unsaturated/α-hetero) is 2. The first-order chi connectivity index (χ1) is 29.5. The molecule has 0 N–H and O–H groups in total. The van der Waals surface area contributed by atoms with Crippen LogP contribution in [0.25, 0.3) is 33.6 Å². The number of hydrogen-bond donors (Lipinski definition) is 0. The number of aromatic nitrogens is 6. The third-order valence-corrected chi connectivity index (χ3v) is 10.5. The number of halogens is 15. The summed E-state index contributed by atoms with van der Waals surface area (Å²) in [5, 5.41) is 8.74. The maximum atomic E-state index is 11.9. The zero-order chi connectivity index (χ0) is 48.0. The molecule has 0 radical (unpaired) electrons. The standard InChI is InChI=1S/C19H11Cl6N3O.C15H11NO.C6Cl9N3/c1-10(29)13-4-2-3-5-14(13)11-6-8-12(9-7-11)15-26-16(18(20,21)22)28-17(27-15)19(23,24)25;1-11(17)14-4-2-3-5-15(14)13-8-6-12(10-16)7-9-13;7-4(8,9)1-16-2(5(10,11)12)18-3(17-1)6(13,14)15/h2-9H,1H3;2-9H,1H3;. The highest BCUT2D eigenvalue weighted by Crippen LogP contribution is 2.44. The number of benzene rings is 4. The fourth-order valence-electron chi connectivity index (χ4n) is 5.12. The monoisotopic (exact) mass is 1160 g/mol. The van der Waals surface area contributed by atoms with Crippen molar-refractivity contribution in [2.45, 2.75) is 32.8 Å². The predicted octanol–water partition coefficient (Wildman–Crippen LogP) is 15.8. The zero-order valence-corrected chi connectivity index (χ0v) is 43.2. The molecule has 24 heteroatoms. The largest absolute Gasteiger partial charge is 0.294 e. The zero-order valence-electron chi connectivity index (χ0n) is 31.9. The van der Waals surface area contributed by atoms with Gasteiger partial charge in [-0.05, 0) is 48.2 Å². The number of nitriles is 1. The van der Waals surface area contributed by atoms with E-state index in [1.54, 1.807) is 37.3 Å². The van der Waals surface area contributed by atoms with Crippen LogP contribution in [0.5, 0.6) is 0 Å². The summed E-state index contributed by atoms with van der Waals surface area (Å²) < 4.78 is -9.82.